The fourth-order valence-corrected chi connectivity index (χ4v) is 3.79. The van der Waals surface area contributed by atoms with Gasteiger partial charge in [0, 0.05) is 19.1 Å². The summed E-state index contributed by atoms with van der Waals surface area (Å²) >= 11 is 0. The van der Waals surface area contributed by atoms with E-state index in [1.54, 1.807) is 0 Å². The lowest BCUT2D eigenvalue weighted by Gasteiger charge is -2.30. The smallest absolute Gasteiger partial charge is 0.188 e. The van der Waals surface area contributed by atoms with E-state index in [9.17, 15) is 0 Å². The Morgan fingerprint density at radius 3 is 2.78 bits per heavy atom. The molecule has 2 fully saturated rings. The van der Waals surface area contributed by atoms with Gasteiger partial charge < -0.3 is 16.0 Å². The maximum Gasteiger partial charge on any atom is 0.188 e. The fourth-order valence-electron chi connectivity index (χ4n) is 3.79. The normalized spacial score (nSPS) is 27.0. The number of likely N-dealkylation sites (tertiary alicyclic amines) is 2. The lowest BCUT2D eigenvalue weighted by atomic mass is 10.0. The Hall–Kier alpha value is -0.0800. The Morgan fingerprint density at radius 1 is 1.26 bits per heavy atom. The van der Waals surface area contributed by atoms with Crippen molar-refractivity contribution in [1.29, 1.82) is 0 Å². The molecule has 23 heavy (non-hydrogen) atoms. The van der Waals surface area contributed by atoms with Crippen LogP contribution in [0, 0.1) is 5.92 Å². The first-order valence-corrected chi connectivity index (χ1v) is 9.19. The van der Waals surface area contributed by atoms with Gasteiger partial charge in [-0.3, -0.25) is 9.89 Å². The molecule has 0 aliphatic carbocycles. The summed E-state index contributed by atoms with van der Waals surface area (Å²) in [5, 5.41) is 3.27. The molecule has 3 N–H and O–H groups in total. The third-order valence-electron chi connectivity index (χ3n) is 5.08. The van der Waals surface area contributed by atoms with Gasteiger partial charge in [0.1, 0.15) is 0 Å². The van der Waals surface area contributed by atoms with Crippen LogP contribution in [0.1, 0.15) is 46.0 Å². The average Bonchev–Trinajstić information content (AvgIpc) is 2.97. The molecule has 2 aliphatic heterocycles. The van der Waals surface area contributed by atoms with Crippen LogP contribution in [0.3, 0.4) is 0 Å². The zero-order valence-electron chi connectivity index (χ0n) is 15.0. The molecule has 2 heterocycles. The summed E-state index contributed by atoms with van der Waals surface area (Å²) < 4.78 is 0. The molecular formula is C17H36IN5. The number of aliphatic imine (C=N–C) groups is 1. The molecule has 2 aliphatic rings. The van der Waals surface area contributed by atoms with Crippen molar-refractivity contribution in [3.63, 3.8) is 0 Å². The van der Waals surface area contributed by atoms with Crippen LogP contribution in [0.15, 0.2) is 4.99 Å². The van der Waals surface area contributed by atoms with Gasteiger partial charge in [-0.25, -0.2) is 0 Å². The number of guanidine groups is 1. The molecule has 6 heteroatoms. The molecule has 0 radical (unpaired) electrons. The van der Waals surface area contributed by atoms with Gasteiger partial charge in [0.25, 0.3) is 0 Å². The maximum atomic E-state index is 5.99. The van der Waals surface area contributed by atoms with E-state index in [0.29, 0.717) is 12.0 Å². The highest BCUT2D eigenvalue weighted by molar-refractivity contribution is 14.0. The Kier molecular flexibility index (Phi) is 10.5. The molecular weight excluding hydrogens is 401 g/mol. The van der Waals surface area contributed by atoms with Crippen LogP contribution in [-0.2, 0) is 0 Å². The molecule has 2 saturated heterocycles. The highest BCUT2D eigenvalue weighted by Gasteiger charge is 2.22. The van der Waals surface area contributed by atoms with Gasteiger partial charge in [0.05, 0.1) is 6.54 Å². The van der Waals surface area contributed by atoms with Crippen LogP contribution in [-0.4, -0.2) is 67.6 Å². The number of halogens is 1. The number of hydrogen-bond acceptors (Lipinski definition) is 3. The predicted molar refractivity (Wildman–Crippen MR) is 110 cm³/mol. The Balaban J connectivity index is 0.00000264. The van der Waals surface area contributed by atoms with Crippen molar-refractivity contribution >= 4 is 29.9 Å². The van der Waals surface area contributed by atoms with Gasteiger partial charge in [0.15, 0.2) is 5.96 Å². The fraction of sp³-hybridized carbons (Fsp3) is 0.941. The topological polar surface area (TPSA) is 56.9 Å². The highest BCUT2D eigenvalue weighted by atomic mass is 127. The van der Waals surface area contributed by atoms with Crippen LogP contribution < -0.4 is 11.1 Å². The summed E-state index contributed by atoms with van der Waals surface area (Å²) in [7, 11) is 0. The number of hydrogen-bond donors (Lipinski definition) is 2. The molecule has 0 spiro atoms. The van der Waals surface area contributed by atoms with E-state index >= 15 is 0 Å². The van der Waals surface area contributed by atoms with E-state index in [4.69, 9.17) is 5.73 Å². The summed E-state index contributed by atoms with van der Waals surface area (Å²) in [5.41, 5.74) is 5.99. The van der Waals surface area contributed by atoms with Crippen molar-refractivity contribution in [3.8, 4) is 0 Å². The molecule has 0 aromatic carbocycles. The maximum absolute atomic E-state index is 5.99. The minimum atomic E-state index is 0. The summed E-state index contributed by atoms with van der Waals surface area (Å²) in [4.78, 5) is 9.62. The van der Waals surface area contributed by atoms with Crippen LogP contribution in [0.2, 0.25) is 0 Å². The Labute approximate surface area is 159 Å². The largest absolute Gasteiger partial charge is 0.370 e. The number of nitrogens with two attached hydrogens (primary N) is 1. The standard InChI is InChI=1S/C17H35N5.HI/c1-3-22-12-5-8-16(22)13-20-17(18)19-9-6-11-21-10-4-7-15(2)14-21;/h15-16H,3-14H2,1-2H3,(H3,18,19,20);1H. The third kappa shape index (κ3) is 7.56. The van der Waals surface area contributed by atoms with E-state index < -0.39 is 0 Å². The van der Waals surface area contributed by atoms with E-state index in [1.165, 1.54) is 51.9 Å². The molecule has 0 bridgehead atoms. The molecule has 0 aromatic heterocycles. The van der Waals surface area contributed by atoms with Crippen LogP contribution >= 0.6 is 24.0 Å². The lowest BCUT2D eigenvalue weighted by molar-refractivity contribution is 0.182. The number of nitrogens with one attached hydrogen (secondary N) is 1. The van der Waals surface area contributed by atoms with Gasteiger partial charge in [-0.15, -0.1) is 24.0 Å². The minimum absolute atomic E-state index is 0. The zero-order chi connectivity index (χ0) is 15.8. The SMILES string of the molecule is CCN1CCCC1CN=C(N)NCCCN1CCCC(C)C1.I. The molecule has 2 rings (SSSR count). The van der Waals surface area contributed by atoms with Crippen molar-refractivity contribution in [2.24, 2.45) is 16.6 Å². The second-order valence-electron chi connectivity index (χ2n) is 6.98. The molecule has 136 valence electrons. The van der Waals surface area contributed by atoms with Crippen molar-refractivity contribution in [2.45, 2.75) is 52.0 Å². The summed E-state index contributed by atoms with van der Waals surface area (Å²) in [5.74, 6) is 1.48. The molecule has 0 saturated carbocycles. The number of likely N-dealkylation sites (N-methyl/N-ethyl adjacent to an activating group) is 1. The minimum Gasteiger partial charge on any atom is -0.370 e. The quantitative estimate of drug-likeness (QED) is 0.277. The molecule has 2 atom stereocenters. The van der Waals surface area contributed by atoms with Crippen molar-refractivity contribution in [3.05, 3.63) is 0 Å². The summed E-state index contributed by atoms with van der Waals surface area (Å²) in [6.45, 7) is 12.4. The van der Waals surface area contributed by atoms with Gasteiger partial charge in [-0.1, -0.05) is 13.8 Å². The molecule has 5 nitrogen and oxygen atoms in total. The Bertz CT molecular complexity index is 350. The second kappa shape index (κ2) is 11.5. The van der Waals surface area contributed by atoms with E-state index in [2.05, 4.69) is 34.0 Å². The first-order chi connectivity index (χ1) is 10.7. The van der Waals surface area contributed by atoms with E-state index in [1.807, 2.05) is 0 Å². The molecule has 2 unspecified atom stereocenters. The number of rotatable bonds is 7. The predicted octanol–water partition coefficient (Wildman–Crippen LogP) is 2.12. The van der Waals surface area contributed by atoms with Gasteiger partial charge in [-0.05, 0) is 64.2 Å². The van der Waals surface area contributed by atoms with Gasteiger partial charge >= 0.3 is 0 Å². The molecule has 0 amide bonds. The Morgan fingerprint density at radius 2 is 2.04 bits per heavy atom. The van der Waals surface area contributed by atoms with Crippen molar-refractivity contribution in [1.82, 2.24) is 15.1 Å². The van der Waals surface area contributed by atoms with Gasteiger partial charge in [-0.2, -0.15) is 0 Å². The van der Waals surface area contributed by atoms with E-state index in [0.717, 1.165) is 32.0 Å². The second-order valence-corrected chi connectivity index (χ2v) is 6.98. The number of nitrogens with zero attached hydrogens (tertiary/aromatic N) is 3. The monoisotopic (exact) mass is 437 g/mol. The summed E-state index contributed by atoms with van der Waals surface area (Å²) in [6, 6.07) is 0.597. The third-order valence-corrected chi connectivity index (χ3v) is 5.08. The van der Waals surface area contributed by atoms with Crippen molar-refractivity contribution in [2.75, 3.05) is 45.8 Å². The van der Waals surface area contributed by atoms with Crippen LogP contribution in [0.4, 0.5) is 0 Å². The first-order valence-electron chi connectivity index (χ1n) is 9.19. The number of piperidine rings is 1. The van der Waals surface area contributed by atoms with Gasteiger partial charge in [0.2, 0.25) is 0 Å². The first kappa shape index (κ1) is 21.0. The van der Waals surface area contributed by atoms with E-state index in [-0.39, 0.29) is 24.0 Å². The van der Waals surface area contributed by atoms with Crippen LogP contribution in [0.5, 0.6) is 0 Å². The zero-order valence-corrected chi connectivity index (χ0v) is 17.3. The lowest BCUT2D eigenvalue weighted by Crippen LogP contribution is -2.38. The van der Waals surface area contributed by atoms with Crippen LogP contribution in [0.25, 0.3) is 0 Å². The summed E-state index contributed by atoms with van der Waals surface area (Å²) in [6.07, 6.45) is 6.46. The highest BCUT2D eigenvalue weighted by Crippen LogP contribution is 2.16. The average molecular weight is 437 g/mol. The van der Waals surface area contributed by atoms with Crippen molar-refractivity contribution < 1.29 is 0 Å². The molecule has 0 aromatic rings.